The molecule has 1 aromatic carbocycles. The molecular weight excluding hydrogens is 453 g/mol. The van der Waals surface area contributed by atoms with Crippen LogP contribution >= 0.6 is 11.6 Å². The second-order valence-corrected chi connectivity index (χ2v) is 7.74. The fourth-order valence-corrected chi connectivity index (χ4v) is 3.65. The molecule has 3 aromatic heterocycles. The normalized spacial score (nSPS) is 12.8. The third-order valence-corrected chi connectivity index (χ3v) is 5.31. The minimum Gasteiger partial charge on any atom is -0.453 e. The highest BCUT2D eigenvalue weighted by molar-refractivity contribution is 6.29. The molecule has 0 saturated carbocycles. The molecule has 4 rings (SSSR count). The number of anilines is 1. The number of oxime groups is 1. The van der Waals surface area contributed by atoms with Crippen molar-refractivity contribution in [2.24, 2.45) is 17.9 Å². The monoisotopic (exact) mass is 471 g/mol. The van der Waals surface area contributed by atoms with Gasteiger partial charge in [-0.15, -0.1) is 0 Å². The molecular formula is C21H19ClFN7O3. The standard InChI is InChI=1S/C21H19ClFN7O3/c1-9-18(31)13-7-11(23)6-12(20(13)33-19(9)15-8-25-30(3)28-15)10(2)26-14-4-5-16(22)27-17(14)21(24)29-32/h4-8,10,26,32H,1-3H3,(H2,24,29)/t10-/m1/s1. The largest absolute Gasteiger partial charge is 0.453 e. The van der Waals surface area contributed by atoms with Crippen LogP contribution in [0.4, 0.5) is 10.1 Å². The number of benzene rings is 1. The van der Waals surface area contributed by atoms with Crippen molar-refractivity contribution in [3.05, 3.63) is 68.5 Å². The lowest BCUT2D eigenvalue weighted by atomic mass is 10.0. The van der Waals surface area contributed by atoms with Gasteiger partial charge in [0.15, 0.2) is 17.0 Å². The van der Waals surface area contributed by atoms with Crippen molar-refractivity contribution in [3.63, 3.8) is 0 Å². The minimum atomic E-state index is -0.601. The zero-order valence-electron chi connectivity index (χ0n) is 17.8. The zero-order valence-corrected chi connectivity index (χ0v) is 18.6. The van der Waals surface area contributed by atoms with E-state index in [-0.39, 0.29) is 44.4 Å². The Morgan fingerprint density at radius 3 is 2.82 bits per heavy atom. The van der Waals surface area contributed by atoms with Crippen LogP contribution < -0.4 is 16.5 Å². The number of hydrogen-bond donors (Lipinski definition) is 3. The van der Waals surface area contributed by atoms with Gasteiger partial charge in [-0.3, -0.25) is 4.79 Å². The van der Waals surface area contributed by atoms with Crippen molar-refractivity contribution < 1.29 is 14.0 Å². The summed E-state index contributed by atoms with van der Waals surface area (Å²) >= 11 is 5.94. The Labute approximate surface area is 191 Å². The molecule has 0 fully saturated rings. The van der Waals surface area contributed by atoms with Gasteiger partial charge in [0, 0.05) is 18.2 Å². The van der Waals surface area contributed by atoms with E-state index in [4.69, 9.17) is 27.0 Å². The fraction of sp³-hybridized carbons (Fsp3) is 0.190. The van der Waals surface area contributed by atoms with Crippen LogP contribution in [0.2, 0.25) is 5.15 Å². The minimum absolute atomic E-state index is 0.0923. The smallest absolute Gasteiger partial charge is 0.196 e. The lowest BCUT2D eigenvalue weighted by Crippen LogP contribution is -2.19. The summed E-state index contributed by atoms with van der Waals surface area (Å²) in [7, 11) is 1.64. The van der Waals surface area contributed by atoms with Gasteiger partial charge in [0.1, 0.15) is 27.9 Å². The van der Waals surface area contributed by atoms with Crippen LogP contribution in [0.1, 0.15) is 29.8 Å². The first-order valence-electron chi connectivity index (χ1n) is 9.74. The van der Waals surface area contributed by atoms with Crippen LogP contribution in [0.15, 0.2) is 44.8 Å². The summed E-state index contributed by atoms with van der Waals surface area (Å²) in [5, 5.41) is 23.6. The maximum absolute atomic E-state index is 14.5. The van der Waals surface area contributed by atoms with E-state index >= 15 is 0 Å². The number of nitrogens with two attached hydrogens (primary N) is 1. The van der Waals surface area contributed by atoms with Gasteiger partial charge in [-0.1, -0.05) is 16.8 Å². The molecule has 33 heavy (non-hydrogen) atoms. The summed E-state index contributed by atoms with van der Waals surface area (Å²) in [6, 6.07) is 4.93. The van der Waals surface area contributed by atoms with E-state index in [2.05, 4.69) is 25.7 Å². The van der Waals surface area contributed by atoms with Crippen LogP contribution in [0.5, 0.6) is 0 Å². The van der Waals surface area contributed by atoms with E-state index < -0.39 is 11.9 Å². The molecule has 0 bridgehead atoms. The quantitative estimate of drug-likeness (QED) is 0.132. The van der Waals surface area contributed by atoms with Crippen molar-refractivity contribution in [3.8, 4) is 11.5 Å². The number of halogens is 2. The number of amidine groups is 1. The maximum atomic E-state index is 14.5. The number of hydrogen-bond acceptors (Lipinski definition) is 8. The summed E-state index contributed by atoms with van der Waals surface area (Å²) in [5.41, 5.74) is 7.05. The SMILES string of the molecule is Cc1c(-c2cnn(C)n2)oc2c([C@@H](C)Nc3ccc(Cl)nc3/C(N)=N/O)cc(F)cc2c1=O. The third-order valence-electron chi connectivity index (χ3n) is 5.09. The molecule has 4 N–H and O–H groups in total. The highest BCUT2D eigenvalue weighted by Gasteiger charge is 2.22. The third kappa shape index (κ3) is 4.10. The highest BCUT2D eigenvalue weighted by atomic mass is 35.5. The summed E-state index contributed by atoms with van der Waals surface area (Å²) in [6.45, 7) is 3.32. The highest BCUT2D eigenvalue weighted by Crippen LogP contribution is 2.32. The Balaban J connectivity index is 1.88. The van der Waals surface area contributed by atoms with Crippen molar-refractivity contribution in [1.29, 1.82) is 0 Å². The van der Waals surface area contributed by atoms with Crippen LogP contribution in [0.25, 0.3) is 22.4 Å². The molecule has 3 heterocycles. The predicted octanol–water partition coefficient (Wildman–Crippen LogP) is 3.35. The van der Waals surface area contributed by atoms with Crippen molar-refractivity contribution >= 4 is 34.1 Å². The number of nitrogens with zero attached hydrogens (tertiary/aromatic N) is 5. The number of pyridine rings is 1. The molecule has 0 aliphatic heterocycles. The molecule has 0 aliphatic rings. The van der Waals surface area contributed by atoms with Crippen molar-refractivity contribution in [2.45, 2.75) is 19.9 Å². The lowest BCUT2D eigenvalue weighted by molar-refractivity contribution is 0.318. The Kier molecular flexibility index (Phi) is 5.73. The van der Waals surface area contributed by atoms with Gasteiger partial charge >= 0.3 is 0 Å². The van der Waals surface area contributed by atoms with E-state index in [9.17, 15) is 9.18 Å². The van der Waals surface area contributed by atoms with Crippen molar-refractivity contribution in [2.75, 3.05) is 5.32 Å². The van der Waals surface area contributed by atoms with Gasteiger partial charge in [0.25, 0.3) is 0 Å². The first-order valence-corrected chi connectivity index (χ1v) is 10.1. The van der Waals surface area contributed by atoms with E-state index in [0.717, 1.165) is 6.07 Å². The summed E-state index contributed by atoms with van der Waals surface area (Å²) < 4.78 is 20.6. The van der Waals surface area contributed by atoms with Gasteiger partial charge in [0.05, 0.1) is 23.3 Å². The van der Waals surface area contributed by atoms with E-state index in [1.165, 1.54) is 23.1 Å². The Morgan fingerprint density at radius 1 is 1.39 bits per heavy atom. The number of fused-ring (bicyclic) bond motifs is 1. The molecule has 0 aliphatic carbocycles. The Bertz CT molecular complexity index is 1460. The number of aryl methyl sites for hydroxylation is 1. The van der Waals surface area contributed by atoms with E-state index in [1.54, 1.807) is 27.0 Å². The molecule has 0 saturated heterocycles. The molecule has 170 valence electrons. The average molecular weight is 472 g/mol. The first kappa shape index (κ1) is 22.2. The zero-order chi connectivity index (χ0) is 23.9. The number of aromatic nitrogens is 4. The summed E-state index contributed by atoms with van der Waals surface area (Å²) in [6.07, 6.45) is 1.48. The first-order chi connectivity index (χ1) is 15.7. The van der Waals surface area contributed by atoms with Gasteiger partial charge in [-0.2, -0.15) is 15.0 Å². The topological polar surface area (TPSA) is 144 Å². The average Bonchev–Trinajstić information content (AvgIpc) is 3.22. The molecule has 0 unspecified atom stereocenters. The number of nitrogens with one attached hydrogen (secondary N) is 1. The fourth-order valence-electron chi connectivity index (χ4n) is 3.50. The number of rotatable bonds is 5. The van der Waals surface area contributed by atoms with Crippen LogP contribution in [-0.2, 0) is 7.05 Å². The Hall–Kier alpha value is -3.99. The molecule has 0 amide bonds. The lowest BCUT2D eigenvalue weighted by Gasteiger charge is -2.19. The molecule has 4 aromatic rings. The molecule has 0 radical (unpaired) electrons. The van der Waals surface area contributed by atoms with Crippen molar-refractivity contribution in [1.82, 2.24) is 20.0 Å². The van der Waals surface area contributed by atoms with Crippen LogP contribution in [0, 0.1) is 12.7 Å². The molecule has 10 nitrogen and oxygen atoms in total. The second-order valence-electron chi connectivity index (χ2n) is 7.36. The van der Waals surface area contributed by atoms with Gasteiger partial charge in [0.2, 0.25) is 0 Å². The summed E-state index contributed by atoms with van der Waals surface area (Å²) in [4.78, 5) is 18.5. The summed E-state index contributed by atoms with van der Waals surface area (Å²) in [5.74, 6) is -0.620. The van der Waals surface area contributed by atoms with Gasteiger partial charge in [-0.05, 0) is 38.1 Å². The van der Waals surface area contributed by atoms with Crippen LogP contribution in [0.3, 0.4) is 0 Å². The molecule has 12 heteroatoms. The van der Waals surface area contributed by atoms with E-state index in [0.29, 0.717) is 16.9 Å². The van der Waals surface area contributed by atoms with Gasteiger partial charge in [-0.25, -0.2) is 9.37 Å². The Morgan fingerprint density at radius 2 is 2.15 bits per heavy atom. The molecule has 1 atom stereocenters. The van der Waals surface area contributed by atoms with Gasteiger partial charge < -0.3 is 20.7 Å². The van der Waals surface area contributed by atoms with Crippen LogP contribution in [-0.4, -0.2) is 31.0 Å². The second kappa shape index (κ2) is 8.51. The van der Waals surface area contributed by atoms with E-state index in [1.807, 2.05) is 0 Å². The molecule has 0 spiro atoms. The maximum Gasteiger partial charge on any atom is 0.196 e. The predicted molar refractivity (Wildman–Crippen MR) is 121 cm³/mol.